The van der Waals surface area contributed by atoms with Crippen LogP contribution in [0.4, 0.5) is 14.6 Å². The van der Waals surface area contributed by atoms with Crippen molar-refractivity contribution in [2.45, 2.75) is 6.92 Å². The monoisotopic (exact) mass is 285 g/mol. The molecule has 0 aliphatic heterocycles. The molecule has 0 amide bonds. The van der Waals surface area contributed by atoms with Gasteiger partial charge in [0.2, 0.25) is 0 Å². The second-order valence-corrected chi connectivity index (χ2v) is 4.77. The van der Waals surface area contributed by atoms with Crippen LogP contribution in [-0.2, 0) is 0 Å². The summed E-state index contributed by atoms with van der Waals surface area (Å²) in [5.74, 6) is 0.232. The van der Waals surface area contributed by atoms with Gasteiger partial charge < -0.3 is 5.32 Å². The summed E-state index contributed by atoms with van der Waals surface area (Å²) in [4.78, 5) is 8.79. The Kier molecular flexibility index (Phi) is 3.25. The lowest BCUT2D eigenvalue weighted by Gasteiger charge is -2.10. The molecule has 5 heteroatoms. The number of anilines is 1. The summed E-state index contributed by atoms with van der Waals surface area (Å²) in [6, 6.07) is 8.79. The fourth-order valence-electron chi connectivity index (χ4n) is 2.25. The third kappa shape index (κ3) is 2.42. The van der Waals surface area contributed by atoms with Gasteiger partial charge in [-0.05, 0) is 42.8 Å². The summed E-state index contributed by atoms with van der Waals surface area (Å²) >= 11 is 0. The molecule has 0 unspecified atom stereocenters. The van der Waals surface area contributed by atoms with Crippen LogP contribution in [0.5, 0.6) is 0 Å². The van der Waals surface area contributed by atoms with E-state index >= 15 is 0 Å². The highest BCUT2D eigenvalue weighted by molar-refractivity contribution is 5.90. The highest BCUT2D eigenvalue weighted by atomic mass is 19.1. The first kappa shape index (κ1) is 13.4. The van der Waals surface area contributed by atoms with Gasteiger partial charge in [-0.2, -0.15) is 0 Å². The molecule has 106 valence electrons. The van der Waals surface area contributed by atoms with Crippen LogP contribution in [0.1, 0.15) is 5.56 Å². The Balaban J connectivity index is 2.29. The third-order valence-electron chi connectivity index (χ3n) is 3.34. The molecule has 0 saturated heterocycles. The number of fused-ring (bicyclic) bond motifs is 1. The molecule has 3 rings (SSSR count). The van der Waals surface area contributed by atoms with Gasteiger partial charge in [0, 0.05) is 18.0 Å². The van der Waals surface area contributed by atoms with Gasteiger partial charge in [0.05, 0.1) is 5.52 Å². The smallest absolute Gasteiger partial charge is 0.162 e. The van der Waals surface area contributed by atoms with E-state index in [2.05, 4.69) is 15.3 Å². The molecule has 0 atom stereocenters. The van der Waals surface area contributed by atoms with Crippen LogP contribution in [0.3, 0.4) is 0 Å². The molecule has 0 saturated carbocycles. The highest BCUT2D eigenvalue weighted by Crippen LogP contribution is 2.27. The molecule has 0 fully saturated rings. The minimum Gasteiger partial charge on any atom is -0.373 e. The molecule has 0 bridgehead atoms. The first-order valence-electron chi connectivity index (χ1n) is 6.50. The Morgan fingerprint density at radius 3 is 2.43 bits per heavy atom. The standard InChI is InChI=1S/C16H13F2N3/c1-9-3-4-10(17)7-12(9)16-20-14-6-5-11(18)8-13(14)15(19-2)21-16/h3-8H,1-2H3,(H,19,20,21). The SMILES string of the molecule is CNc1nc(-c2cc(F)ccc2C)nc2ccc(F)cc12. The number of halogens is 2. The number of nitrogens with zero attached hydrogens (tertiary/aromatic N) is 2. The van der Waals surface area contributed by atoms with Crippen molar-refractivity contribution in [1.82, 2.24) is 9.97 Å². The van der Waals surface area contributed by atoms with Gasteiger partial charge in [0.1, 0.15) is 17.5 Å². The summed E-state index contributed by atoms with van der Waals surface area (Å²) in [7, 11) is 1.70. The lowest BCUT2D eigenvalue weighted by atomic mass is 10.1. The van der Waals surface area contributed by atoms with E-state index in [1.165, 1.54) is 24.3 Å². The topological polar surface area (TPSA) is 37.8 Å². The largest absolute Gasteiger partial charge is 0.373 e. The van der Waals surface area contributed by atoms with Crippen molar-refractivity contribution < 1.29 is 8.78 Å². The second-order valence-electron chi connectivity index (χ2n) is 4.77. The van der Waals surface area contributed by atoms with E-state index in [0.717, 1.165) is 5.56 Å². The van der Waals surface area contributed by atoms with Gasteiger partial charge >= 0.3 is 0 Å². The molecule has 0 aliphatic rings. The highest BCUT2D eigenvalue weighted by Gasteiger charge is 2.12. The van der Waals surface area contributed by atoms with E-state index in [1.54, 1.807) is 19.2 Å². The van der Waals surface area contributed by atoms with E-state index in [0.29, 0.717) is 28.1 Å². The quantitative estimate of drug-likeness (QED) is 0.775. The molecule has 0 spiro atoms. The van der Waals surface area contributed by atoms with Crippen molar-refractivity contribution in [2.75, 3.05) is 12.4 Å². The van der Waals surface area contributed by atoms with Gasteiger partial charge in [0.25, 0.3) is 0 Å². The molecule has 2 aromatic carbocycles. The van der Waals surface area contributed by atoms with Crippen molar-refractivity contribution in [3.63, 3.8) is 0 Å². The molecular weight excluding hydrogens is 272 g/mol. The lowest BCUT2D eigenvalue weighted by Crippen LogP contribution is -2.00. The molecule has 1 heterocycles. The average Bonchev–Trinajstić information content (AvgIpc) is 2.48. The summed E-state index contributed by atoms with van der Waals surface area (Å²) in [5.41, 5.74) is 2.10. The van der Waals surface area contributed by atoms with Crippen LogP contribution in [0.15, 0.2) is 36.4 Å². The van der Waals surface area contributed by atoms with E-state index in [4.69, 9.17) is 0 Å². The van der Waals surface area contributed by atoms with Crippen molar-refractivity contribution in [2.24, 2.45) is 0 Å². The van der Waals surface area contributed by atoms with Crippen LogP contribution in [0.2, 0.25) is 0 Å². The van der Waals surface area contributed by atoms with E-state index in [1.807, 2.05) is 6.92 Å². The van der Waals surface area contributed by atoms with Crippen molar-refractivity contribution in [3.8, 4) is 11.4 Å². The van der Waals surface area contributed by atoms with Crippen molar-refractivity contribution >= 4 is 16.7 Å². The molecular formula is C16H13F2N3. The zero-order valence-electron chi connectivity index (χ0n) is 11.6. The van der Waals surface area contributed by atoms with Gasteiger partial charge in [-0.15, -0.1) is 0 Å². The molecule has 0 radical (unpaired) electrons. The maximum absolute atomic E-state index is 13.5. The zero-order valence-corrected chi connectivity index (χ0v) is 11.6. The number of nitrogens with one attached hydrogen (secondary N) is 1. The fraction of sp³-hybridized carbons (Fsp3) is 0.125. The Hall–Kier alpha value is -2.56. The van der Waals surface area contributed by atoms with Gasteiger partial charge in [-0.3, -0.25) is 0 Å². The second kappa shape index (κ2) is 5.09. The van der Waals surface area contributed by atoms with Crippen LogP contribution in [0, 0.1) is 18.6 Å². The molecule has 21 heavy (non-hydrogen) atoms. The molecule has 1 aromatic heterocycles. The predicted molar refractivity (Wildman–Crippen MR) is 79.2 cm³/mol. The van der Waals surface area contributed by atoms with E-state index < -0.39 is 0 Å². The summed E-state index contributed by atoms with van der Waals surface area (Å²) in [5, 5.41) is 3.52. The maximum Gasteiger partial charge on any atom is 0.162 e. The Morgan fingerprint density at radius 2 is 1.67 bits per heavy atom. The zero-order chi connectivity index (χ0) is 15.0. The number of rotatable bonds is 2. The van der Waals surface area contributed by atoms with Crippen LogP contribution < -0.4 is 5.32 Å². The van der Waals surface area contributed by atoms with Crippen molar-refractivity contribution in [3.05, 3.63) is 53.6 Å². The average molecular weight is 285 g/mol. The first-order valence-corrected chi connectivity index (χ1v) is 6.50. The normalized spacial score (nSPS) is 10.9. The predicted octanol–water partition coefficient (Wildman–Crippen LogP) is 3.93. The van der Waals surface area contributed by atoms with Gasteiger partial charge in [-0.25, -0.2) is 18.7 Å². The Labute approximate surface area is 120 Å². The maximum atomic E-state index is 13.5. The summed E-state index contributed by atoms with van der Waals surface area (Å²) < 4.78 is 26.8. The van der Waals surface area contributed by atoms with Crippen LogP contribution in [-0.4, -0.2) is 17.0 Å². The summed E-state index contributed by atoms with van der Waals surface area (Å²) in [6.45, 7) is 1.87. The van der Waals surface area contributed by atoms with Gasteiger partial charge in [-0.1, -0.05) is 6.07 Å². The van der Waals surface area contributed by atoms with Gasteiger partial charge in [0.15, 0.2) is 5.82 Å². The van der Waals surface area contributed by atoms with Crippen LogP contribution >= 0.6 is 0 Å². The molecule has 1 N–H and O–H groups in total. The van der Waals surface area contributed by atoms with Crippen molar-refractivity contribution in [1.29, 1.82) is 0 Å². The number of benzene rings is 2. The molecule has 3 nitrogen and oxygen atoms in total. The fourth-order valence-corrected chi connectivity index (χ4v) is 2.25. The van der Waals surface area contributed by atoms with E-state index in [9.17, 15) is 8.78 Å². The first-order chi connectivity index (χ1) is 10.1. The third-order valence-corrected chi connectivity index (χ3v) is 3.34. The molecule has 3 aromatic rings. The van der Waals surface area contributed by atoms with E-state index in [-0.39, 0.29) is 11.6 Å². The number of hydrogen-bond donors (Lipinski definition) is 1. The lowest BCUT2D eigenvalue weighted by molar-refractivity contribution is 0.627. The Morgan fingerprint density at radius 1 is 0.952 bits per heavy atom. The molecule has 0 aliphatic carbocycles. The number of aromatic nitrogens is 2. The minimum atomic E-state index is -0.350. The minimum absolute atomic E-state index is 0.343. The number of hydrogen-bond acceptors (Lipinski definition) is 3. The number of aryl methyl sites for hydroxylation is 1. The van der Waals surface area contributed by atoms with Crippen LogP contribution in [0.25, 0.3) is 22.3 Å². The Bertz CT molecular complexity index is 831. The summed E-state index contributed by atoms with van der Waals surface area (Å²) in [6.07, 6.45) is 0.